The molecule has 0 atom stereocenters. The maximum atomic E-state index is 12.2. The van der Waals surface area contributed by atoms with E-state index in [0.717, 1.165) is 15.6 Å². The molecule has 2 aromatic carbocycles. The van der Waals surface area contributed by atoms with Gasteiger partial charge in [0.1, 0.15) is 0 Å². The molecule has 0 bridgehead atoms. The van der Waals surface area contributed by atoms with Crippen molar-refractivity contribution in [3.8, 4) is 0 Å². The molecular weight excluding hydrogens is 370 g/mol. The van der Waals surface area contributed by atoms with Crippen LogP contribution in [0, 0.1) is 0 Å². The summed E-state index contributed by atoms with van der Waals surface area (Å²) in [6.07, 6.45) is 0. The summed E-state index contributed by atoms with van der Waals surface area (Å²) in [5.41, 5.74) is 8.18. The molecule has 3 rings (SSSR count). The van der Waals surface area contributed by atoms with Gasteiger partial charge in [0.25, 0.3) is 5.91 Å². The van der Waals surface area contributed by atoms with Crippen molar-refractivity contribution in [1.29, 1.82) is 0 Å². The largest absolute Gasteiger partial charge is 0.382 e. The Morgan fingerprint density at radius 1 is 1.12 bits per heavy atom. The van der Waals surface area contributed by atoms with Crippen LogP contribution in [0.5, 0.6) is 0 Å². The first-order valence-corrected chi connectivity index (χ1v) is 8.18. The Morgan fingerprint density at radius 3 is 2.62 bits per heavy atom. The van der Waals surface area contributed by atoms with Gasteiger partial charge >= 0.3 is 0 Å². The number of amides is 1. The second kappa shape index (κ2) is 7.27. The number of carbonyl (C=O) groups is 1. The molecule has 7 heteroatoms. The average Bonchev–Trinajstić information content (AvgIpc) is 2.94. The van der Waals surface area contributed by atoms with Gasteiger partial charge in [-0.3, -0.25) is 4.79 Å². The highest BCUT2D eigenvalue weighted by molar-refractivity contribution is 9.10. The van der Waals surface area contributed by atoms with Gasteiger partial charge in [0.05, 0.1) is 6.54 Å². The minimum atomic E-state index is -0.336. The van der Waals surface area contributed by atoms with Crippen LogP contribution >= 0.6 is 15.9 Å². The van der Waals surface area contributed by atoms with Crippen LogP contribution in [0.3, 0.4) is 0 Å². The van der Waals surface area contributed by atoms with Gasteiger partial charge in [-0.1, -0.05) is 63.6 Å². The number of hydrogen-bond donors (Lipinski definition) is 2. The monoisotopic (exact) mass is 385 g/mol. The van der Waals surface area contributed by atoms with Gasteiger partial charge in [0, 0.05) is 11.0 Å². The van der Waals surface area contributed by atoms with E-state index in [4.69, 9.17) is 5.73 Å². The van der Waals surface area contributed by atoms with E-state index in [0.29, 0.717) is 13.1 Å². The molecule has 1 amide bonds. The molecule has 0 aliphatic heterocycles. The summed E-state index contributed by atoms with van der Waals surface area (Å²) in [4.78, 5) is 12.2. The Hall–Kier alpha value is -2.67. The number of carbonyl (C=O) groups excluding carboxylic acids is 1. The fourth-order valence-electron chi connectivity index (χ4n) is 2.27. The van der Waals surface area contributed by atoms with Crippen LogP contribution in [0.2, 0.25) is 0 Å². The number of nitrogen functional groups attached to an aromatic ring is 1. The molecule has 0 saturated heterocycles. The highest BCUT2D eigenvalue weighted by Crippen LogP contribution is 2.15. The molecule has 0 fully saturated rings. The minimum absolute atomic E-state index is 0.140. The van der Waals surface area contributed by atoms with Gasteiger partial charge in [-0.2, -0.15) is 0 Å². The Labute approximate surface area is 147 Å². The third-order valence-electron chi connectivity index (χ3n) is 3.51. The van der Waals surface area contributed by atoms with E-state index in [-0.39, 0.29) is 17.4 Å². The lowest BCUT2D eigenvalue weighted by Gasteiger charge is -2.05. The third kappa shape index (κ3) is 3.80. The standard InChI is InChI=1S/C17H16BrN5O/c18-14-8-4-7-13(9-14)11-23-16(19)15(21-22-23)17(24)20-10-12-5-2-1-3-6-12/h1-9H,10-11,19H2,(H,20,24). The van der Waals surface area contributed by atoms with Crippen molar-refractivity contribution >= 4 is 27.7 Å². The summed E-state index contributed by atoms with van der Waals surface area (Å²) >= 11 is 3.42. The fraction of sp³-hybridized carbons (Fsp3) is 0.118. The number of hydrogen-bond acceptors (Lipinski definition) is 4. The predicted octanol–water partition coefficient (Wildman–Crippen LogP) is 2.60. The summed E-state index contributed by atoms with van der Waals surface area (Å²) in [5, 5.41) is 10.7. The molecule has 1 heterocycles. The summed E-state index contributed by atoms with van der Waals surface area (Å²) < 4.78 is 2.48. The number of nitrogens with two attached hydrogens (primary N) is 1. The first-order chi connectivity index (χ1) is 11.6. The van der Waals surface area contributed by atoms with Crippen LogP contribution in [0.1, 0.15) is 21.6 Å². The number of nitrogens with zero attached hydrogens (tertiary/aromatic N) is 3. The molecule has 0 radical (unpaired) electrons. The van der Waals surface area contributed by atoms with Crippen molar-refractivity contribution in [2.24, 2.45) is 0 Å². The van der Waals surface area contributed by atoms with E-state index in [1.807, 2.05) is 54.6 Å². The lowest BCUT2D eigenvalue weighted by Crippen LogP contribution is -2.24. The van der Waals surface area contributed by atoms with Crippen molar-refractivity contribution in [3.63, 3.8) is 0 Å². The number of benzene rings is 2. The summed E-state index contributed by atoms with van der Waals surface area (Å²) in [6, 6.07) is 17.4. The molecule has 6 nitrogen and oxygen atoms in total. The van der Waals surface area contributed by atoms with Gasteiger partial charge in [-0.05, 0) is 23.3 Å². The highest BCUT2D eigenvalue weighted by atomic mass is 79.9. The van der Waals surface area contributed by atoms with E-state index < -0.39 is 0 Å². The zero-order valence-electron chi connectivity index (χ0n) is 12.8. The Kier molecular flexibility index (Phi) is 4.90. The van der Waals surface area contributed by atoms with E-state index in [9.17, 15) is 4.79 Å². The van der Waals surface area contributed by atoms with Crippen molar-refractivity contribution in [2.45, 2.75) is 13.1 Å². The molecule has 0 saturated carbocycles. The number of halogens is 1. The van der Waals surface area contributed by atoms with Gasteiger partial charge in [0.15, 0.2) is 11.5 Å². The Bertz CT molecular complexity index is 847. The van der Waals surface area contributed by atoms with Crippen LogP contribution < -0.4 is 11.1 Å². The summed E-state index contributed by atoms with van der Waals surface area (Å²) in [5.74, 6) is -0.0858. The summed E-state index contributed by atoms with van der Waals surface area (Å²) in [7, 11) is 0. The molecule has 122 valence electrons. The molecule has 3 aromatic rings. The summed E-state index contributed by atoms with van der Waals surface area (Å²) in [6.45, 7) is 0.863. The average molecular weight is 386 g/mol. The van der Waals surface area contributed by atoms with Crippen molar-refractivity contribution < 1.29 is 4.79 Å². The number of aromatic nitrogens is 3. The zero-order valence-corrected chi connectivity index (χ0v) is 14.4. The fourth-order valence-corrected chi connectivity index (χ4v) is 2.72. The molecule has 3 N–H and O–H groups in total. The molecule has 24 heavy (non-hydrogen) atoms. The van der Waals surface area contributed by atoms with Gasteiger partial charge in [0.2, 0.25) is 0 Å². The molecular formula is C17H16BrN5O. The molecule has 0 unspecified atom stereocenters. The van der Waals surface area contributed by atoms with Gasteiger partial charge in [-0.15, -0.1) is 5.10 Å². The van der Waals surface area contributed by atoms with Crippen molar-refractivity contribution in [2.75, 3.05) is 5.73 Å². The van der Waals surface area contributed by atoms with Crippen LogP contribution in [0.15, 0.2) is 59.1 Å². The maximum Gasteiger partial charge on any atom is 0.275 e. The molecule has 0 spiro atoms. The number of anilines is 1. The smallest absolute Gasteiger partial charge is 0.275 e. The predicted molar refractivity (Wildman–Crippen MR) is 95.3 cm³/mol. The van der Waals surface area contributed by atoms with Crippen LogP contribution in [0.4, 0.5) is 5.82 Å². The van der Waals surface area contributed by atoms with E-state index in [1.54, 1.807) is 0 Å². The Balaban J connectivity index is 1.69. The van der Waals surface area contributed by atoms with Crippen LogP contribution in [-0.4, -0.2) is 20.9 Å². The lowest BCUT2D eigenvalue weighted by atomic mass is 10.2. The number of nitrogens with one attached hydrogen (secondary N) is 1. The second-order valence-corrected chi connectivity index (χ2v) is 6.19. The normalized spacial score (nSPS) is 10.5. The topological polar surface area (TPSA) is 85.8 Å². The van der Waals surface area contributed by atoms with Crippen LogP contribution in [0.25, 0.3) is 0 Å². The second-order valence-electron chi connectivity index (χ2n) is 5.28. The van der Waals surface area contributed by atoms with Crippen molar-refractivity contribution in [1.82, 2.24) is 20.3 Å². The SMILES string of the molecule is Nc1c(C(=O)NCc2ccccc2)nnn1Cc1cccc(Br)c1. The minimum Gasteiger partial charge on any atom is -0.382 e. The van der Waals surface area contributed by atoms with E-state index in [1.165, 1.54) is 4.68 Å². The quantitative estimate of drug-likeness (QED) is 0.706. The first-order valence-electron chi connectivity index (χ1n) is 7.39. The van der Waals surface area contributed by atoms with Gasteiger partial charge < -0.3 is 11.1 Å². The van der Waals surface area contributed by atoms with Gasteiger partial charge in [-0.25, -0.2) is 4.68 Å². The van der Waals surface area contributed by atoms with Crippen LogP contribution in [-0.2, 0) is 13.1 Å². The highest BCUT2D eigenvalue weighted by Gasteiger charge is 2.17. The van der Waals surface area contributed by atoms with E-state index in [2.05, 4.69) is 31.6 Å². The maximum absolute atomic E-state index is 12.2. The third-order valence-corrected chi connectivity index (χ3v) is 4.00. The zero-order chi connectivity index (χ0) is 16.9. The van der Waals surface area contributed by atoms with Crippen molar-refractivity contribution in [3.05, 3.63) is 75.9 Å². The first kappa shape index (κ1) is 16.2. The van der Waals surface area contributed by atoms with E-state index >= 15 is 0 Å². The molecule has 0 aliphatic rings. The lowest BCUT2D eigenvalue weighted by molar-refractivity contribution is 0.0946. The molecule has 1 aromatic heterocycles. The number of rotatable bonds is 5. The molecule has 0 aliphatic carbocycles. The Morgan fingerprint density at radius 2 is 1.88 bits per heavy atom.